The molecule has 0 aliphatic carbocycles. The molecule has 1 aromatic carbocycles. The molecule has 1 aliphatic heterocycles. The summed E-state index contributed by atoms with van der Waals surface area (Å²) in [5.74, 6) is 0.614. The average Bonchev–Trinajstić information content (AvgIpc) is 2.33. The van der Waals surface area contributed by atoms with Gasteiger partial charge < -0.3 is 9.47 Å². The smallest absolute Gasteiger partial charge is 0.150 e. The van der Waals surface area contributed by atoms with E-state index >= 15 is 0 Å². The lowest BCUT2D eigenvalue weighted by molar-refractivity contribution is 0.00747. The fourth-order valence-corrected chi connectivity index (χ4v) is 1.90. The van der Waals surface area contributed by atoms with Crippen LogP contribution in [0, 0.1) is 0 Å². The van der Waals surface area contributed by atoms with Crippen LogP contribution in [0.4, 0.5) is 0 Å². The van der Waals surface area contributed by atoms with Crippen LogP contribution in [0.5, 0.6) is 5.75 Å². The van der Waals surface area contributed by atoms with E-state index in [1.54, 1.807) is 18.2 Å². The summed E-state index contributed by atoms with van der Waals surface area (Å²) in [6, 6.07) is 5.02. The number of aldehydes is 1. The highest BCUT2D eigenvalue weighted by Crippen LogP contribution is 2.27. The SMILES string of the molecule is O=Cc1ccc(OC2CCCOC2)c(Cl)c1. The number of rotatable bonds is 3. The molecule has 0 aromatic heterocycles. The zero-order valence-corrected chi connectivity index (χ0v) is 9.57. The maximum atomic E-state index is 10.5. The van der Waals surface area contributed by atoms with Crippen molar-refractivity contribution >= 4 is 17.9 Å². The molecule has 0 saturated carbocycles. The third kappa shape index (κ3) is 2.74. The Kier molecular flexibility index (Phi) is 3.80. The molecule has 86 valence electrons. The zero-order chi connectivity index (χ0) is 11.4. The molecule has 0 bridgehead atoms. The lowest BCUT2D eigenvalue weighted by Gasteiger charge is -2.23. The molecular weight excluding hydrogens is 228 g/mol. The number of hydrogen-bond acceptors (Lipinski definition) is 3. The van der Waals surface area contributed by atoms with Gasteiger partial charge >= 0.3 is 0 Å². The van der Waals surface area contributed by atoms with E-state index in [1.807, 2.05) is 0 Å². The second-order valence-corrected chi connectivity index (χ2v) is 4.17. The van der Waals surface area contributed by atoms with Crippen LogP contribution in [0.1, 0.15) is 23.2 Å². The van der Waals surface area contributed by atoms with Crippen molar-refractivity contribution in [3.8, 4) is 5.75 Å². The van der Waals surface area contributed by atoms with Crippen LogP contribution in [0.2, 0.25) is 5.02 Å². The Morgan fingerprint density at radius 1 is 1.50 bits per heavy atom. The zero-order valence-electron chi connectivity index (χ0n) is 8.82. The number of carbonyl (C=O) groups excluding carboxylic acids is 1. The molecule has 16 heavy (non-hydrogen) atoms. The Bertz CT molecular complexity index is 373. The van der Waals surface area contributed by atoms with E-state index in [1.165, 1.54) is 0 Å². The summed E-state index contributed by atoms with van der Waals surface area (Å²) in [4.78, 5) is 10.5. The van der Waals surface area contributed by atoms with Crippen molar-refractivity contribution in [2.24, 2.45) is 0 Å². The fraction of sp³-hybridized carbons (Fsp3) is 0.417. The number of benzene rings is 1. The van der Waals surface area contributed by atoms with Gasteiger partial charge in [-0.1, -0.05) is 11.6 Å². The highest BCUT2D eigenvalue weighted by Gasteiger charge is 2.16. The highest BCUT2D eigenvalue weighted by atomic mass is 35.5. The summed E-state index contributed by atoms with van der Waals surface area (Å²) < 4.78 is 11.0. The van der Waals surface area contributed by atoms with E-state index in [0.29, 0.717) is 22.9 Å². The van der Waals surface area contributed by atoms with Gasteiger partial charge in [-0.15, -0.1) is 0 Å². The van der Waals surface area contributed by atoms with Crippen molar-refractivity contribution in [1.29, 1.82) is 0 Å². The van der Waals surface area contributed by atoms with E-state index in [4.69, 9.17) is 21.1 Å². The molecule has 1 fully saturated rings. The van der Waals surface area contributed by atoms with Crippen molar-refractivity contribution in [2.75, 3.05) is 13.2 Å². The first kappa shape index (κ1) is 11.4. The molecule has 4 heteroatoms. The molecule has 1 aromatic rings. The van der Waals surface area contributed by atoms with Gasteiger partial charge in [0.15, 0.2) is 0 Å². The predicted molar refractivity (Wildman–Crippen MR) is 61.3 cm³/mol. The molecular formula is C12H13ClO3. The highest BCUT2D eigenvalue weighted by molar-refractivity contribution is 6.32. The Morgan fingerprint density at radius 3 is 3.00 bits per heavy atom. The summed E-state index contributed by atoms with van der Waals surface area (Å²) in [6.07, 6.45) is 2.81. The van der Waals surface area contributed by atoms with Crippen LogP contribution >= 0.6 is 11.6 Å². The second kappa shape index (κ2) is 5.32. The van der Waals surface area contributed by atoms with Gasteiger partial charge in [-0.25, -0.2) is 0 Å². The topological polar surface area (TPSA) is 35.5 Å². The largest absolute Gasteiger partial charge is 0.486 e. The molecule has 0 radical (unpaired) electrons. The first-order chi connectivity index (χ1) is 7.79. The molecule has 3 nitrogen and oxygen atoms in total. The molecule has 0 N–H and O–H groups in total. The van der Waals surface area contributed by atoms with Crippen LogP contribution in [-0.2, 0) is 4.74 Å². The number of halogens is 1. The average molecular weight is 241 g/mol. The summed E-state index contributed by atoms with van der Waals surface area (Å²) in [7, 11) is 0. The number of hydrogen-bond donors (Lipinski definition) is 0. The Labute approximate surface area is 99.3 Å². The Morgan fingerprint density at radius 2 is 2.38 bits per heavy atom. The lowest BCUT2D eigenvalue weighted by atomic mass is 10.1. The first-order valence-electron chi connectivity index (χ1n) is 5.29. The van der Waals surface area contributed by atoms with Gasteiger partial charge in [0.25, 0.3) is 0 Å². The summed E-state index contributed by atoms with van der Waals surface area (Å²) in [6.45, 7) is 1.41. The molecule has 1 saturated heterocycles. The minimum absolute atomic E-state index is 0.0633. The number of ether oxygens (including phenoxy) is 2. The predicted octanol–water partition coefficient (Wildman–Crippen LogP) is 2.71. The molecule has 1 heterocycles. The van der Waals surface area contributed by atoms with Crippen molar-refractivity contribution in [2.45, 2.75) is 18.9 Å². The minimum Gasteiger partial charge on any atom is -0.486 e. The molecule has 0 spiro atoms. The van der Waals surface area contributed by atoms with E-state index in [2.05, 4.69) is 0 Å². The fourth-order valence-electron chi connectivity index (χ4n) is 1.67. The van der Waals surface area contributed by atoms with Crippen LogP contribution in [0.15, 0.2) is 18.2 Å². The third-order valence-electron chi connectivity index (χ3n) is 2.50. The third-order valence-corrected chi connectivity index (χ3v) is 2.80. The van der Waals surface area contributed by atoms with E-state index in [-0.39, 0.29) is 6.10 Å². The molecule has 1 aliphatic rings. The molecule has 1 unspecified atom stereocenters. The van der Waals surface area contributed by atoms with Gasteiger partial charge in [0.1, 0.15) is 18.1 Å². The van der Waals surface area contributed by atoms with Crippen LogP contribution < -0.4 is 4.74 Å². The monoisotopic (exact) mass is 240 g/mol. The quantitative estimate of drug-likeness (QED) is 0.762. The normalized spacial score (nSPS) is 20.4. The first-order valence-corrected chi connectivity index (χ1v) is 5.66. The van der Waals surface area contributed by atoms with Crippen molar-refractivity contribution < 1.29 is 14.3 Å². The molecule has 2 rings (SSSR count). The summed E-state index contributed by atoms with van der Waals surface area (Å²) >= 11 is 6.00. The number of carbonyl (C=O) groups is 1. The minimum atomic E-state index is 0.0633. The molecule has 1 atom stereocenters. The van der Waals surface area contributed by atoms with Crippen molar-refractivity contribution in [3.05, 3.63) is 28.8 Å². The summed E-state index contributed by atoms with van der Waals surface area (Å²) in [5, 5.41) is 0.468. The van der Waals surface area contributed by atoms with Gasteiger partial charge in [0, 0.05) is 12.2 Å². The lowest BCUT2D eigenvalue weighted by Crippen LogP contribution is -2.28. The van der Waals surface area contributed by atoms with Crippen molar-refractivity contribution in [1.82, 2.24) is 0 Å². The van der Waals surface area contributed by atoms with Crippen molar-refractivity contribution in [3.63, 3.8) is 0 Å². The Hall–Kier alpha value is -1.06. The van der Waals surface area contributed by atoms with E-state index in [9.17, 15) is 4.79 Å². The molecule has 0 amide bonds. The van der Waals surface area contributed by atoms with Gasteiger partial charge in [-0.05, 0) is 31.0 Å². The maximum absolute atomic E-state index is 10.5. The second-order valence-electron chi connectivity index (χ2n) is 3.76. The Balaban J connectivity index is 2.05. The van der Waals surface area contributed by atoms with Gasteiger partial charge in [0.2, 0.25) is 0 Å². The standard InChI is InChI=1S/C12H13ClO3/c13-11-6-9(7-14)3-4-12(11)16-10-2-1-5-15-8-10/h3-4,6-7,10H,1-2,5,8H2. The van der Waals surface area contributed by atoms with E-state index in [0.717, 1.165) is 25.7 Å². The van der Waals surface area contributed by atoms with Gasteiger partial charge in [-0.3, -0.25) is 4.79 Å². The van der Waals surface area contributed by atoms with Crippen LogP contribution in [0.25, 0.3) is 0 Å². The van der Waals surface area contributed by atoms with Crippen LogP contribution in [0.3, 0.4) is 0 Å². The van der Waals surface area contributed by atoms with Gasteiger partial charge in [0.05, 0.1) is 11.6 Å². The van der Waals surface area contributed by atoms with E-state index < -0.39 is 0 Å². The van der Waals surface area contributed by atoms with Gasteiger partial charge in [-0.2, -0.15) is 0 Å². The summed E-state index contributed by atoms with van der Waals surface area (Å²) in [5.41, 5.74) is 0.553. The van der Waals surface area contributed by atoms with Crippen LogP contribution in [-0.4, -0.2) is 25.6 Å². The maximum Gasteiger partial charge on any atom is 0.150 e.